The van der Waals surface area contributed by atoms with Gasteiger partial charge in [0.05, 0.1) is 0 Å². The SMILES string of the molecule is CC1(c2cc(Cl)ccc2O)C(=O)Nc2cc(Cl)cc(Cl)c21. The largest absolute Gasteiger partial charge is 0.508 e. The number of fused-ring (bicyclic) bond motifs is 1. The molecule has 0 saturated heterocycles. The van der Waals surface area contributed by atoms with Crippen molar-refractivity contribution in [1.82, 2.24) is 0 Å². The lowest BCUT2D eigenvalue weighted by molar-refractivity contribution is -0.119. The van der Waals surface area contributed by atoms with Gasteiger partial charge in [-0.25, -0.2) is 0 Å². The number of carbonyl (C=O) groups is 1. The Kier molecular flexibility index (Phi) is 3.32. The van der Waals surface area contributed by atoms with E-state index < -0.39 is 5.41 Å². The maximum atomic E-state index is 12.5. The van der Waals surface area contributed by atoms with Gasteiger partial charge in [-0.2, -0.15) is 0 Å². The second-order valence-corrected chi connectivity index (χ2v) is 6.33. The van der Waals surface area contributed by atoms with E-state index in [1.807, 2.05) is 0 Å². The second kappa shape index (κ2) is 4.80. The van der Waals surface area contributed by atoms with Crippen molar-refractivity contribution in [2.24, 2.45) is 0 Å². The summed E-state index contributed by atoms with van der Waals surface area (Å²) in [6.07, 6.45) is 0. The van der Waals surface area contributed by atoms with Crippen molar-refractivity contribution >= 4 is 46.4 Å². The fourth-order valence-corrected chi connectivity index (χ4v) is 3.56. The van der Waals surface area contributed by atoms with Crippen molar-refractivity contribution in [2.75, 3.05) is 5.32 Å². The Balaban J connectivity index is 2.33. The number of amides is 1. The molecule has 0 fully saturated rings. The molecule has 0 spiro atoms. The van der Waals surface area contributed by atoms with E-state index in [-0.39, 0.29) is 11.7 Å². The van der Waals surface area contributed by atoms with E-state index in [4.69, 9.17) is 34.8 Å². The van der Waals surface area contributed by atoms with E-state index in [1.165, 1.54) is 6.07 Å². The second-order valence-electron chi connectivity index (χ2n) is 5.05. The van der Waals surface area contributed by atoms with E-state index in [0.29, 0.717) is 31.9 Å². The van der Waals surface area contributed by atoms with Gasteiger partial charge in [0.25, 0.3) is 0 Å². The van der Waals surface area contributed by atoms with Crippen molar-refractivity contribution in [1.29, 1.82) is 0 Å². The molecule has 0 saturated carbocycles. The third-order valence-corrected chi connectivity index (χ3v) is 4.51. The number of phenolic OH excluding ortho intramolecular Hbond substituents is 1. The van der Waals surface area contributed by atoms with Gasteiger partial charge >= 0.3 is 0 Å². The molecule has 108 valence electrons. The third kappa shape index (κ3) is 2.08. The molecule has 2 aromatic carbocycles. The van der Waals surface area contributed by atoms with Gasteiger partial charge in [0.15, 0.2) is 0 Å². The number of hydrogen-bond donors (Lipinski definition) is 2. The van der Waals surface area contributed by atoms with Gasteiger partial charge in [0.2, 0.25) is 5.91 Å². The van der Waals surface area contributed by atoms with Crippen molar-refractivity contribution in [3.05, 3.63) is 56.5 Å². The molecule has 1 amide bonds. The quantitative estimate of drug-likeness (QED) is 0.795. The Morgan fingerprint density at radius 1 is 1.10 bits per heavy atom. The van der Waals surface area contributed by atoms with Crippen molar-refractivity contribution in [2.45, 2.75) is 12.3 Å². The van der Waals surface area contributed by atoms with Crippen LogP contribution >= 0.6 is 34.8 Å². The fraction of sp³-hybridized carbons (Fsp3) is 0.133. The number of aromatic hydroxyl groups is 1. The Bertz CT molecular complexity index is 776. The number of benzene rings is 2. The van der Waals surface area contributed by atoms with Crippen LogP contribution in [0.1, 0.15) is 18.1 Å². The Hall–Kier alpha value is -1.42. The first kappa shape index (κ1) is 14.5. The van der Waals surface area contributed by atoms with E-state index in [0.717, 1.165) is 0 Å². The molecule has 0 aromatic heterocycles. The van der Waals surface area contributed by atoms with Crippen LogP contribution in [0.4, 0.5) is 5.69 Å². The van der Waals surface area contributed by atoms with Gasteiger partial charge in [-0.05, 0) is 37.3 Å². The number of halogens is 3. The molecule has 1 unspecified atom stereocenters. The summed E-state index contributed by atoms with van der Waals surface area (Å²) in [6.45, 7) is 1.69. The summed E-state index contributed by atoms with van der Waals surface area (Å²) in [5.41, 5.74) is 0.386. The summed E-state index contributed by atoms with van der Waals surface area (Å²) in [7, 11) is 0. The van der Waals surface area contributed by atoms with Crippen LogP contribution in [0.25, 0.3) is 0 Å². The predicted molar refractivity (Wildman–Crippen MR) is 84.7 cm³/mol. The summed E-state index contributed by atoms with van der Waals surface area (Å²) in [5.74, 6) is -0.310. The summed E-state index contributed by atoms with van der Waals surface area (Å²) in [6, 6.07) is 7.78. The monoisotopic (exact) mass is 341 g/mol. The number of phenols is 1. The molecular weight excluding hydrogens is 333 g/mol. The van der Waals surface area contributed by atoms with Crippen LogP contribution in [0.3, 0.4) is 0 Å². The van der Waals surface area contributed by atoms with Crippen LogP contribution in [0.2, 0.25) is 15.1 Å². The van der Waals surface area contributed by atoms with E-state index in [2.05, 4.69) is 5.32 Å². The molecular formula is C15H10Cl3NO2. The lowest BCUT2D eigenvalue weighted by atomic mass is 9.77. The van der Waals surface area contributed by atoms with Gasteiger partial charge in [0.1, 0.15) is 11.2 Å². The number of anilines is 1. The molecule has 2 N–H and O–H groups in total. The van der Waals surface area contributed by atoms with E-state index >= 15 is 0 Å². The minimum absolute atomic E-state index is 0.0177. The molecule has 1 atom stereocenters. The molecule has 2 aromatic rings. The molecule has 0 radical (unpaired) electrons. The first-order valence-electron chi connectivity index (χ1n) is 6.14. The topological polar surface area (TPSA) is 49.3 Å². The Morgan fingerprint density at radius 2 is 1.81 bits per heavy atom. The van der Waals surface area contributed by atoms with Gasteiger partial charge in [0, 0.05) is 31.9 Å². The molecule has 0 bridgehead atoms. The summed E-state index contributed by atoms with van der Waals surface area (Å²) >= 11 is 18.2. The standard InChI is InChI=1S/C15H10Cl3NO2/c1-15(9-4-7(16)2-3-12(9)20)13-10(18)5-8(17)6-11(13)19-14(15)21/h2-6,20H,1H3,(H,19,21). The normalized spacial score (nSPS) is 20.3. The van der Waals surface area contributed by atoms with Crippen LogP contribution in [0, 0.1) is 0 Å². The highest BCUT2D eigenvalue weighted by Gasteiger charge is 2.47. The van der Waals surface area contributed by atoms with Crippen molar-refractivity contribution < 1.29 is 9.90 Å². The molecule has 3 rings (SSSR count). The Morgan fingerprint density at radius 3 is 2.52 bits per heavy atom. The number of nitrogens with one attached hydrogen (secondary N) is 1. The summed E-state index contributed by atoms with van der Waals surface area (Å²) < 4.78 is 0. The van der Waals surface area contributed by atoms with E-state index in [1.54, 1.807) is 31.2 Å². The smallest absolute Gasteiger partial charge is 0.239 e. The lowest BCUT2D eigenvalue weighted by Gasteiger charge is -2.25. The first-order chi connectivity index (χ1) is 9.84. The van der Waals surface area contributed by atoms with Crippen molar-refractivity contribution in [3.63, 3.8) is 0 Å². The Labute approximate surface area is 136 Å². The fourth-order valence-electron chi connectivity index (χ4n) is 2.71. The zero-order valence-electron chi connectivity index (χ0n) is 10.9. The summed E-state index contributed by atoms with van der Waals surface area (Å²) in [5, 5.41) is 14.1. The molecule has 3 nitrogen and oxygen atoms in total. The highest BCUT2D eigenvalue weighted by atomic mass is 35.5. The first-order valence-corrected chi connectivity index (χ1v) is 7.27. The van der Waals surface area contributed by atoms with Gasteiger partial charge < -0.3 is 10.4 Å². The zero-order valence-corrected chi connectivity index (χ0v) is 13.1. The maximum Gasteiger partial charge on any atom is 0.239 e. The third-order valence-electron chi connectivity index (χ3n) is 3.75. The maximum absolute atomic E-state index is 12.5. The number of rotatable bonds is 1. The minimum atomic E-state index is -1.13. The molecule has 1 aliphatic rings. The highest BCUT2D eigenvalue weighted by Crippen LogP contribution is 2.49. The summed E-state index contributed by atoms with van der Waals surface area (Å²) in [4.78, 5) is 12.5. The number of carbonyl (C=O) groups excluding carboxylic acids is 1. The van der Waals surface area contributed by atoms with Crippen molar-refractivity contribution in [3.8, 4) is 5.75 Å². The lowest BCUT2D eigenvalue weighted by Crippen LogP contribution is -2.32. The molecule has 6 heteroatoms. The zero-order chi connectivity index (χ0) is 15.4. The number of hydrogen-bond acceptors (Lipinski definition) is 2. The average molecular weight is 343 g/mol. The van der Waals surface area contributed by atoms with Crippen LogP contribution in [-0.2, 0) is 10.2 Å². The van der Waals surface area contributed by atoms with Gasteiger partial charge in [-0.15, -0.1) is 0 Å². The van der Waals surface area contributed by atoms with Crippen LogP contribution in [0.15, 0.2) is 30.3 Å². The minimum Gasteiger partial charge on any atom is -0.508 e. The molecule has 1 heterocycles. The molecule has 21 heavy (non-hydrogen) atoms. The van der Waals surface area contributed by atoms with E-state index in [9.17, 15) is 9.90 Å². The predicted octanol–water partition coefficient (Wildman–Crippen LogP) is 4.61. The highest BCUT2D eigenvalue weighted by molar-refractivity contribution is 6.37. The average Bonchev–Trinajstić information content (AvgIpc) is 2.65. The van der Waals surface area contributed by atoms with Gasteiger partial charge in [-0.1, -0.05) is 34.8 Å². The molecule has 0 aliphatic carbocycles. The van der Waals surface area contributed by atoms with Crippen LogP contribution in [0.5, 0.6) is 5.75 Å². The van der Waals surface area contributed by atoms with Crippen LogP contribution in [-0.4, -0.2) is 11.0 Å². The van der Waals surface area contributed by atoms with Crippen LogP contribution < -0.4 is 5.32 Å². The molecule has 1 aliphatic heterocycles. The van der Waals surface area contributed by atoms with Gasteiger partial charge in [-0.3, -0.25) is 4.79 Å².